The van der Waals surface area contributed by atoms with Crippen LogP contribution >= 0.6 is 0 Å². The Hall–Kier alpha value is -2.71. The van der Waals surface area contributed by atoms with Gasteiger partial charge in [0.1, 0.15) is 11.3 Å². The third-order valence-corrected chi connectivity index (χ3v) is 3.29. The van der Waals surface area contributed by atoms with Crippen LogP contribution in [0.15, 0.2) is 0 Å². The Bertz CT molecular complexity index is 743. The molecule has 0 bridgehead atoms. The topological polar surface area (TPSA) is 116 Å². The highest BCUT2D eigenvalue weighted by Gasteiger charge is 2.30. The van der Waals surface area contributed by atoms with Gasteiger partial charge in [0.2, 0.25) is 5.82 Å². The fourth-order valence-corrected chi connectivity index (χ4v) is 2.38. The van der Waals surface area contributed by atoms with E-state index in [9.17, 15) is 20.0 Å². The van der Waals surface area contributed by atoms with E-state index in [2.05, 4.69) is 10.2 Å². The van der Waals surface area contributed by atoms with Gasteiger partial charge >= 0.3 is 11.7 Å². The molecule has 0 aliphatic carbocycles. The summed E-state index contributed by atoms with van der Waals surface area (Å²) >= 11 is 0. The minimum atomic E-state index is -1.11. The molecular formula is C12H15N5O4. The summed E-state index contributed by atoms with van der Waals surface area (Å²) in [7, 11) is 1.57. The number of nitrogens with zero attached hydrogens (tertiary/aromatic N) is 5. The molecule has 0 radical (unpaired) electrons. The van der Waals surface area contributed by atoms with E-state index in [1.165, 1.54) is 9.36 Å². The smallest absolute Gasteiger partial charge is 0.339 e. The molecule has 1 N–H and O–H groups in total. The first kappa shape index (κ1) is 14.7. The summed E-state index contributed by atoms with van der Waals surface area (Å²) in [4.78, 5) is 22.0. The summed E-state index contributed by atoms with van der Waals surface area (Å²) in [5, 5.41) is 28.8. The minimum absolute atomic E-state index is 0.0450. The normalized spacial score (nSPS) is 10.9. The second-order valence-electron chi connectivity index (χ2n) is 4.62. The molecule has 112 valence electrons. The first-order valence-corrected chi connectivity index (χ1v) is 6.29. The Balaban J connectivity index is 2.80. The molecule has 0 atom stereocenters. The number of carboxylic acid groups (broad SMARTS) is 1. The van der Waals surface area contributed by atoms with Gasteiger partial charge in [0, 0.05) is 7.05 Å². The Morgan fingerprint density at radius 3 is 2.43 bits per heavy atom. The van der Waals surface area contributed by atoms with Crippen molar-refractivity contribution >= 4 is 11.7 Å². The summed E-state index contributed by atoms with van der Waals surface area (Å²) < 4.78 is 2.62. The van der Waals surface area contributed by atoms with Crippen molar-refractivity contribution in [1.29, 1.82) is 0 Å². The zero-order chi connectivity index (χ0) is 15.9. The maximum Gasteiger partial charge on any atom is 0.339 e. The number of aromatic nitrogens is 4. The molecule has 2 aromatic rings. The van der Waals surface area contributed by atoms with E-state index in [0.717, 1.165) is 0 Å². The molecule has 0 amide bonds. The van der Waals surface area contributed by atoms with Crippen molar-refractivity contribution in [3.63, 3.8) is 0 Å². The number of aryl methyl sites for hydroxylation is 3. The van der Waals surface area contributed by atoms with Crippen molar-refractivity contribution in [2.24, 2.45) is 7.05 Å². The number of aromatic carboxylic acids is 1. The minimum Gasteiger partial charge on any atom is -0.478 e. The van der Waals surface area contributed by atoms with E-state index in [-0.39, 0.29) is 17.1 Å². The van der Waals surface area contributed by atoms with Gasteiger partial charge in [-0.1, -0.05) is 6.92 Å². The Labute approximate surface area is 120 Å². The predicted octanol–water partition coefficient (Wildman–Crippen LogP) is 1.39. The highest BCUT2D eigenvalue weighted by Crippen LogP contribution is 2.29. The highest BCUT2D eigenvalue weighted by atomic mass is 16.6. The molecule has 0 aromatic carbocycles. The lowest BCUT2D eigenvalue weighted by atomic mass is 10.2. The van der Waals surface area contributed by atoms with Gasteiger partial charge in [0.25, 0.3) is 0 Å². The zero-order valence-corrected chi connectivity index (χ0v) is 12.1. The average molecular weight is 293 g/mol. The monoisotopic (exact) mass is 293 g/mol. The van der Waals surface area contributed by atoms with Crippen LogP contribution in [0.3, 0.4) is 0 Å². The van der Waals surface area contributed by atoms with Crippen LogP contribution in [-0.4, -0.2) is 35.6 Å². The molecule has 21 heavy (non-hydrogen) atoms. The van der Waals surface area contributed by atoms with Crippen LogP contribution < -0.4 is 0 Å². The molecule has 0 aliphatic rings. The van der Waals surface area contributed by atoms with Gasteiger partial charge in [-0.05, 0) is 20.3 Å². The van der Waals surface area contributed by atoms with Crippen molar-refractivity contribution in [1.82, 2.24) is 19.6 Å². The fraction of sp³-hybridized carbons (Fsp3) is 0.417. The lowest BCUT2D eigenvalue weighted by Gasteiger charge is -2.04. The molecule has 0 saturated heterocycles. The van der Waals surface area contributed by atoms with E-state index in [0.29, 0.717) is 23.5 Å². The predicted molar refractivity (Wildman–Crippen MR) is 72.8 cm³/mol. The quantitative estimate of drug-likeness (QED) is 0.672. The molecule has 0 fully saturated rings. The molecule has 2 aromatic heterocycles. The first-order valence-electron chi connectivity index (χ1n) is 6.29. The number of rotatable bonds is 4. The van der Waals surface area contributed by atoms with E-state index in [1.54, 1.807) is 27.8 Å². The largest absolute Gasteiger partial charge is 0.478 e. The third-order valence-electron chi connectivity index (χ3n) is 3.29. The van der Waals surface area contributed by atoms with Crippen molar-refractivity contribution in [2.45, 2.75) is 27.2 Å². The number of carbonyl (C=O) groups is 1. The average Bonchev–Trinajstić information content (AvgIpc) is 2.86. The third kappa shape index (κ3) is 2.16. The molecule has 2 heterocycles. The lowest BCUT2D eigenvalue weighted by Crippen LogP contribution is -2.09. The van der Waals surface area contributed by atoms with Crippen LogP contribution in [0.25, 0.3) is 5.82 Å². The number of hydrogen-bond acceptors (Lipinski definition) is 5. The molecule has 0 spiro atoms. The Morgan fingerprint density at radius 2 is 2.00 bits per heavy atom. The fourth-order valence-electron chi connectivity index (χ4n) is 2.38. The first-order chi connectivity index (χ1) is 9.79. The van der Waals surface area contributed by atoms with Crippen LogP contribution in [0.1, 0.15) is 34.4 Å². The van der Waals surface area contributed by atoms with Gasteiger partial charge in [-0.15, -0.1) is 0 Å². The van der Waals surface area contributed by atoms with Gasteiger partial charge in [-0.2, -0.15) is 10.2 Å². The standard InChI is InChI=1S/C12H15N5O4/c1-5-8-10(17(20)21)11(15(4)14-8)16-7(3)9(12(18)19)6(2)13-16/h5H2,1-4H3,(H,18,19). The molecule has 2 rings (SSSR count). The Kier molecular flexibility index (Phi) is 3.50. The van der Waals surface area contributed by atoms with Crippen molar-refractivity contribution in [2.75, 3.05) is 0 Å². The summed E-state index contributed by atoms with van der Waals surface area (Å²) in [6, 6.07) is 0. The van der Waals surface area contributed by atoms with Crippen molar-refractivity contribution in [3.05, 3.63) is 32.8 Å². The molecule has 0 unspecified atom stereocenters. The van der Waals surface area contributed by atoms with Gasteiger partial charge < -0.3 is 5.11 Å². The van der Waals surface area contributed by atoms with Gasteiger partial charge in [0.15, 0.2) is 0 Å². The number of hydrogen-bond donors (Lipinski definition) is 1. The number of nitro groups is 1. The van der Waals surface area contributed by atoms with Gasteiger partial charge in [0.05, 0.1) is 16.3 Å². The molecule has 9 heteroatoms. The van der Waals surface area contributed by atoms with Crippen LogP contribution in [0, 0.1) is 24.0 Å². The second-order valence-corrected chi connectivity index (χ2v) is 4.62. The van der Waals surface area contributed by atoms with E-state index < -0.39 is 10.9 Å². The van der Waals surface area contributed by atoms with Crippen molar-refractivity contribution in [3.8, 4) is 5.82 Å². The van der Waals surface area contributed by atoms with Crippen molar-refractivity contribution < 1.29 is 14.8 Å². The van der Waals surface area contributed by atoms with Crippen LogP contribution in [0.5, 0.6) is 0 Å². The van der Waals surface area contributed by atoms with Crippen LogP contribution in [-0.2, 0) is 13.5 Å². The summed E-state index contributed by atoms with van der Waals surface area (Å²) in [5.41, 5.74) is 0.857. The molecular weight excluding hydrogens is 278 g/mol. The van der Waals surface area contributed by atoms with Gasteiger partial charge in [-0.25, -0.2) is 14.2 Å². The Morgan fingerprint density at radius 1 is 1.38 bits per heavy atom. The number of carboxylic acids is 1. The summed E-state index contributed by atoms with van der Waals surface area (Å²) in [5.74, 6) is -0.957. The second kappa shape index (κ2) is 5.00. The summed E-state index contributed by atoms with van der Waals surface area (Å²) in [6.45, 7) is 4.88. The van der Waals surface area contributed by atoms with Gasteiger partial charge in [-0.3, -0.25) is 10.1 Å². The summed E-state index contributed by atoms with van der Waals surface area (Å²) in [6.07, 6.45) is 0.398. The highest BCUT2D eigenvalue weighted by molar-refractivity contribution is 5.90. The van der Waals surface area contributed by atoms with Crippen LogP contribution in [0.2, 0.25) is 0 Å². The maximum absolute atomic E-state index is 11.3. The van der Waals surface area contributed by atoms with E-state index >= 15 is 0 Å². The van der Waals surface area contributed by atoms with E-state index in [1.807, 2.05) is 0 Å². The molecule has 9 nitrogen and oxygen atoms in total. The lowest BCUT2D eigenvalue weighted by molar-refractivity contribution is -0.385. The molecule has 0 aliphatic heterocycles. The molecule has 0 saturated carbocycles. The zero-order valence-electron chi connectivity index (χ0n) is 12.1. The van der Waals surface area contributed by atoms with E-state index in [4.69, 9.17) is 0 Å². The SMILES string of the molecule is CCc1nn(C)c(-n2nc(C)c(C(=O)O)c2C)c1[N+](=O)[O-]. The maximum atomic E-state index is 11.3. The van der Waals surface area contributed by atoms with Crippen LogP contribution in [0.4, 0.5) is 5.69 Å².